The van der Waals surface area contributed by atoms with Crippen molar-refractivity contribution in [3.05, 3.63) is 15.8 Å². The molecule has 100 valence electrons. The van der Waals surface area contributed by atoms with Gasteiger partial charge in [-0.15, -0.1) is 0 Å². The van der Waals surface area contributed by atoms with Crippen LogP contribution in [0.4, 0.5) is 11.5 Å². The first kappa shape index (κ1) is 13.9. The topological polar surface area (TPSA) is 99.3 Å². The fourth-order valence-corrected chi connectivity index (χ4v) is 1.56. The molecule has 1 aromatic rings. The molecular weight excluding hydrogens is 240 g/mol. The molecule has 8 nitrogen and oxygen atoms in total. The number of anilines is 1. The molecule has 0 saturated heterocycles. The lowest BCUT2D eigenvalue weighted by molar-refractivity contribution is -0.384. The molecule has 1 atom stereocenters. The highest BCUT2D eigenvalue weighted by Crippen LogP contribution is 2.27. The standard InChI is InChI=1S/C10H16N4O4/c1-5-18-10(15)7(3)11-9-8(14(16)17)6(2)12-13(9)4/h7,11H,5H2,1-4H3. The van der Waals surface area contributed by atoms with Gasteiger partial charge in [-0.1, -0.05) is 0 Å². The van der Waals surface area contributed by atoms with Gasteiger partial charge >= 0.3 is 11.7 Å². The van der Waals surface area contributed by atoms with Crippen molar-refractivity contribution in [1.29, 1.82) is 0 Å². The van der Waals surface area contributed by atoms with Gasteiger partial charge in [-0.3, -0.25) is 10.1 Å². The Hall–Kier alpha value is -2.12. The van der Waals surface area contributed by atoms with E-state index in [-0.39, 0.29) is 18.1 Å². The predicted octanol–water partition coefficient (Wildman–Crippen LogP) is 1.00. The average molecular weight is 256 g/mol. The first-order valence-electron chi connectivity index (χ1n) is 5.49. The third-order valence-electron chi connectivity index (χ3n) is 2.37. The van der Waals surface area contributed by atoms with Gasteiger partial charge in [-0.05, 0) is 20.8 Å². The van der Waals surface area contributed by atoms with E-state index >= 15 is 0 Å². The van der Waals surface area contributed by atoms with Gasteiger partial charge in [0.2, 0.25) is 5.82 Å². The van der Waals surface area contributed by atoms with E-state index in [9.17, 15) is 14.9 Å². The van der Waals surface area contributed by atoms with E-state index in [0.717, 1.165) is 0 Å². The molecular formula is C10H16N4O4. The van der Waals surface area contributed by atoms with Crippen LogP contribution in [0.3, 0.4) is 0 Å². The van der Waals surface area contributed by atoms with Crippen LogP contribution in [0.5, 0.6) is 0 Å². The Bertz CT molecular complexity index is 469. The maximum absolute atomic E-state index is 11.5. The van der Waals surface area contributed by atoms with Crippen LogP contribution in [-0.4, -0.2) is 33.3 Å². The zero-order valence-electron chi connectivity index (χ0n) is 10.8. The summed E-state index contributed by atoms with van der Waals surface area (Å²) in [4.78, 5) is 21.9. The van der Waals surface area contributed by atoms with E-state index in [1.165, 1.54) is 4.68 Å². The molecule has 1 unspecified atom stereocenters. The number of carbonyl (C=O) groups excluding carboxylic acids is 1. The van der Waals surface area contributed by atoms with Gasteiger partial charge in [-0.2, -0.15) is 5.10 Å². The number of carbonyl (C=O) groups is 1. The molecule has 0 aromatic carbocycles. The van der Waals surface area contributed by atoms with Crippen molar-refractivity contribution in [2.24, 2.45) is 7.05 Å². The van der Waals surface area contributed by atoms with Gasteiger partial charge in [0.15, 0.2) is 0 Å². The molecule has 0 bridgehead atoms. The Labute approximate surface area is 104 Å². The summed E-state index contributed by atoms with van der Waals surface area (Å²) in [6.45, 7) is 5.07. The lowest BCUT2D eigenvalue weighted by Crippen LogP contribution is -2.29. The zero-order chi connectivity index (χ0) is 13.9. The summed E-state index contributed by atoms with van der Waals surface area (Å²) in [7, 11) is 1.57. The van der Waals surface area contributed by atoms with E-state index in [2.05, 4.69) is 10.4 Å². The second-order valence-electron chi connectivity index (χ2n) is 3.78. The van der Waals surface area contributed by atoms with Crippen LogP contribution in [0.15, 0.2) is 0 Å². The molecule has 18 heavy (non-hydrogen) atoms. The smallest absolute Gasteiger partial charge is 0.333 e. The number of esters is 1. The summed E-state index contributed by atoms with van der Waals surface area (Å²) in [6, 6.07) is -0.682. The molecule has 8 heteroatoms. The van der Waals surface area contributed by atoms with E-state index in [1.807, 2.05) is 0 Å². The number of nitro groups is 1. The van der Waals surface area contributed by atoms with E-state index < -0.39 is 16.9 Å². The first-order valence-corrected chi connectivity index (χ1v) is 5.49. The highest BCUT2D eigenvalue weighted by molar-refractivity contribution is 5.79. The molecule has 0 saturated carbocycles. The third-order valence-corrected chi connectivity index (χ3v) is 2.37. The van der Waals surface area contributed by atoms with Gasteiger partial charge in [0.05, 0.1) is 11.5 Å². The van der Waals surface area contributed by atoms with E-state index in [1.54, 1.807) is 27.8 Å². The second kappa shape index (κ2) is 5.48. The van der Waals surface area contributed by atoms with Crippen molar-refractivity contribution in [2.75, 3.05) is 11.9 Å². The van der Waals surface area contributed by atoms with Gasteiger partial charge < -0.3 is 10.1 Å². The monoisotopic (exact) mass is 256 g/mol. The van der Waals surface area contributed by atoms with Gasteiger partial charge in [0.25, 0.3) is 0 Å². The van der Waals surface area contributed by atoms with Crippen molar-refractivity contribution in [3.8, 4) is 0 Å². The summed E-state index contributed by atoms with van der Waals surface area (Å²) in [6.07, 6.45) is 0. The van der Waals surface area contributed by atoms with Crippen LogP contribution in [-0.2, 0) is 16.6 Å². The lowest BCUT2D eigenvalue weighted by atomic mass is 10.3. The summed E-state index contributed by atoms with van der Waals surface area (Å²) < 4.78 is 6.16. The fraction of sp³-hybridized carbons (Fsp3) is 0.600. The Balaban J connectivity index is 2.97. The van der Waals surface area contributed by atoms with Crippen molar-refractivity contribution in [2.45, 2.75) is 26.8 Å². The Morgan fingerprint density at radius 3 is 2.78 bits per heavy atom. The van der Waals surface area contributed by atoms with Crippen LogP contribution >= 0.6 is 0 Å². The summed E-state index contributed by atoms with van der Waals surface area (Å²) in [5.74, 6) is -0.274. The molecule has 0 aliphatic carbocycles. The lowest BCUT2D eigenvalue weighted by Gasteiger charge is -2.13. The van der Waals surface area contributed by atoms with Gasteiger partial charge in [0, 0.05) is 7.05 Å². The first-order chi connectivity index (χ1) is 8.38. The molecule has 0 fully saturated rings. The van der Waals surface area contributed by atoms with Crippen molar-refractivity contribution in [1.82, 2.24) is 9.78 Å². The van der Waals surface area contributed by atoms with Crippen LogP contribution in [0.25, 0.3) is 0 Å². The number of ether oxygens (including phenoxy) is 1. The molecule has 0 radical (unpaired) electrons. The molecule has 1 N–H and O–H groups in total. The number of rotatable bonds is 5. The minimum Gasteiger partial charge on any atom is -0.464 e. The minimum atomic E-state index is -0.682. The number of nitrogens with one attached hydrogen (secondary N) is 1. The Morgan fingerprint density at radius 2 is 2.28 bits per heavy atom. The molecule has 1 aromatic heterocycles. The Kier molecular flexibility index (Phi) is 4.24. The quantitative estimate of drug-likeness (QED) is 0.479. The molecule has 0 aliphatic heterocycles. The maximum atomic E-state index is 11.5. The summed E-state index contributed by atoms with van der Waals surface area (Å²) in [5.41, 5.74) is 0.162. The third kappa shape index (κ3) is 2.76. The van der Waals surface area contributed by atoms with E-state index in [4.69, 9.17) is 4.74 Å². The predicted molar refractivity (Wildman–Crippen MR) is 64.3 cm³/mol. The fourth-order valence-electron chi connectivity index (χ4n) is 1.56. The molecule has 0 spiro atoms. The number of aryl methyl sites for hydroxylation is 2. The second-order valence-corrected chi connectivity index (χ2v) is 3.78. The molecule has 1 heterocycles. The Morgan fingerprint density at radius 1 is 1.67 bits per heavy atom. The van der Waals surface area contributed by atoms with Crippen molar-refractivity contribution in [3.63, 3.8) is 0 Å². The normalized spacial score (nSPS) is 12.0. The minimum absolute atomic E-state index is 0.131. The van der Waals surface area contributed by atoms with Gasteiger partial charge in [-0.25, -0.2) is 9.48 Å². The largest absolute Gasteiger partial charge is 0.464 e. The number of hydrogen-bond donors (Lipinski definition) is 1. The van der Waals surface area contributed by atoms with E-state index in [0.29, 0.717) is 5.69 Å². The maximum Gasteiger partial charge on any atom is 0.333 e. The highest BCUT2D eigenvalue weighted by Gasteiger charge is 2.26. The van der Waals surface area contributed by atoms with Crippen LogP contribution in [0, 0.1) is 17.0 Å². The van der Waals surface area contributed by atoms with Crippen LogP contribution < -0.4 is 5.32 Å². The summed E-state index contributed by atoms with van der Waals surface area (Å²) in [5, 5.41) is 17.6. The highest BCUT2D eigenvalue weighted by atomic mass is 16.6. The molecule has 0 aliphatic rings. The number of hydrogen-bond acceptors (Lipinski definition) is 6. The van der Waals surface area contributed by atoms with Crippen LogP contribution in [0.2, 0.25) is 0 Å². The summed E-state index contributed by atoms with van der Waals surface area (Å²) >= 11 is 0. The van der Waals surface area contributed by atoms with Crippen LogP contribution in [0.1, 0.15) is 19.5 Å². The SMILES string of the molecule is CCOC(=O)C(C)Nc1c([N+](=O)[O-])c(C)nn1C. The molecule has 0 amide bonds. The number of aromatic nitrogens is 2. The zero-order valence-corrected chi connectivity index (χ0v) is 10.8. The average Bonchev–Trinajstić information content (AvgIpc) is 2.54. The van der Waals surface area contributed by atoms with Crippen molar-refractivity contribution < 1.29 is 14.5 Å². The van der Waals surface area contributed by atoms with Gasteiger partial charge in [0.1, 0.15) is 11.7 Å². The van der Waals surface area contributed by atoms with Crippen molar-refractivity contribution >= 4 is 17.5 Å². The number of nitrogens with zero attached hydrogens (tertiary/aromatic N) is 3. The molecule has 1 rings (SSSR count).